The van der Waals surface area contributed by atoms with E-state index in [0.717, 1.165) is 18.8 Å². The zero-order chi connectivity index (χ0) is 13.8. The molecule has 0 atom stereocenters. The van der Waals surface area contributed by atoms with Gasteiger partial charge in [0.25, 0.3) is 5.91 Å². The Kier molecular flexibility index (Phi) is 4.40. The topological polar surface area (TPSA) is 45.2 Å². The summed E-state index contributed by atoms with van der Waals surface area (Å²) in [4.78, 5) is 18.8. The quantitative estimate of drug-likeness (QED) is 0.856. The predicted octanol–water partition coefficient (Wildman–Crippen LogP) is 2.77. The number of hydrogen-bond donors (Lipinski definition) is 1. The molecule has 1 amide bonds. The van der Waals surface area contributed by atoms with Crippen LogP contribution in [0.3, 0.4) is 0 Å². The van der Waals surface area contributed by atoms with Crippen LogP contribution >= 0.6 is 0 Å². The highest BCUT2D eigenvalue weighted by Gasteiger charge is 2.29. The number of rotatable bonds is 6. The average molecular weight is 261 g/mol. The van der Waals surface area contributed by atoms with Crippen molar-refractivity contribution in [3.05, 3.63) is 24.0 Å². The van der Waals surface area contributed by atoms with Crippen LogP contribution in [0.4, 0.5) is 5.69 Å². The Labute approximate surface area is 115 Å². The molecule has 0 spiro atoms. The number of nitrogens with one attached hydrogen (secondary N) is 1. The van der Waals surface area contributed by atoms with E-state index in [1.54, 1.807) is 12.4 Å². The van der Waals surface area contributed by atoms with E-state index in [1.165, 1.54) is 12.8 Å². The van der Waals surface area contributed by atoms with Gasteiger partial charge in [-0.1, -0.05) is 0 Å². The number of aromatic nitrogens is 1. The maximum absolute atomic E-state index is 12.7. The fourth-order valence-electron chi connectivity index (χ4n) is 2.17. The maximum Gasteiger partial charge on any atom is 0.257 e. The summed E-state index contributed by atoms with van der Waals surface area (Å²) >= 11 is 0. The molecule has 4 heteroatoms. The highest BCUT2D eigenvalue weighted by molar-refractivity contribution is 5.99. The lowest BCUT2D eigenvalue weighted by Gasteiger charge is -2.27. The van der Waals surface area contributed by atoms with Gasteiger partial charge in [0.2, 0.25) is 0 Å². The number of hydrogen-bond acceptors (Lipinski definition) is 3. The van der Waals surface area contributed by atoms with Crippen molar-refractivity contribution in [2.45, 2.75) is 39.7 Å². The lowest BCUT2D eigenvalue weighted by atomic mass is 10.1. The van der Waals surface area contributed by atoms with E-state index in [-0.39, 0.29) is 11.9 Å². The minimum Gasteiger partial charge on any atom is -0.385 e. The molecule has 1 aliphatic carbocycles. The van der Waals surface area contributed by atoms with Gasteiger partial charge < -0.3 is 10.2 Å². The Morgan fingerprint density at radius 3 is 2.84 bits per heavy atom. The normalized spacial score (nSPS) is 14.5. The third kappa shape index (κ3) is 3.46. The Morgan fingerprint density at radius 1 is 1.53 bits per heavy atom. The minimum absolute atomic E-state index is 0.0888. The van der Waals surface area contributed by atoms with E-state index >= 15 is 0 Å². The number of carbonyl (C=O) groups excluding carboxylic acids is 1. The molecule has 1 heterocycles. The summed E-state index contributed by atoms with van der Waals surface area (Å²) in [5.41, 5.74) is 1.56. The largest absolute Gasteiger partial charge is 0.385 e. The Balaban J connectivity index is 2.20. The molecule has 1 aliphatic rings. The van der Waals surface area contributed by atoms with Gasteiger partial charge in [-0.3, -0.25) is 9.78 Å². The van der Waals surface area contributed by atoms with Crippen LogP contribution in [0.15, 0.2) is 18.5 Å². The van der Waals surface area contributed by atoms with Crippen molar-refractivity contribution < 1.29 is 4.79 Å². The standard InChI is InChI=1S/C15H23N3O/c1-4-17-14-7-8-16-9-13(14)15(19)18(11(2)3)10-12-5-6-12/h7-9,11-12H,4-6,10H2,1-3H3,(H,16,17). The van der Waals surface area contributed by atoms with Crippen molar-refractivity contribution in [1.82, 2.24) is 9.88 Å². The Morgan fingerprint density at radius 2 is 2.26 bits per heavy atom. The first-order valence-corrected chi connectivity index (χ1v) is 7.12. The first kappa shape index (κ1) is 13.8. The van der Waals surface area contributed by atoms with Gasteiger partial charge in [0.15, 0.2) is 0 Å². The van der Waals surface area contributed by atoms with Crippen molar-refractivity contribution in [1.29, 1.82) is 0 Å². The van der Waals surface area contributed by atoms with Crippen LogP contribution in [0.5, 0.6) is 0 Å². The molecule has 2 rings (SSSR count). The monoisotopic (exact) mass is 261 g/mol. The highest BCUT2D eigenvalue weighted by Crippen LogP contribution is 2.31. The summed E-state index contributed by atoms with van der Waals surface area (Å²) in [6.45, 7) is 7.85. The van der Waals surface area contributed by atoms with Gasteiger partial charge in [-0.2, -0.15) is 0 Å². The number of carbonyl (C=O) groups is 1. The Bertz CT molecular complexity index is 441. The molecule has 0 aliphatic heterocycles. The molecule has 104 valence electrons. The van der Waals surface area contributed by atoms with E-state index in [2.05, 4.69) is 24.1 Å². The molecule has 0 aromatic carbocycles. The summed E-state index contributed by atoms with van der Waals surface area (Å²) in [5, 5.41) is 3.23. The highest BCUT2D eigenvalue weighted by atomic mass is 16.2. The zero-order valence-electron chi connectivity index (χ0n) is 12.0. The van der Waals surface area contributed by atoms with Crippen LogP contribution < -0.4 is 5.32 Å². The molecule has 0 unspecified atom stereocenters. The third-order valence-electron chi connectivity index (χ3n) is 3.45. The number of pyridine rings is 1. The predicted molar refractivity (Wildman–Crippen MR) is 77.3 cm³/mol. The molecule has 1 aromatic heterocycles. The second-order valence-corrected chi connectivity index (χ2v) is 5.45. The van der Waals surface area contributed by atoms with Gasteiger partial charge in [-0.05, 0) is 45.6 Å². The van der Waals surface area contributed by atoms with Crippen LogP contribution in [0.2, 0.25) is 0 Å². The molecule has 1 saturated carbocycles. The lowest BCUT2D eigenvalue weighted by molar-refractivity contribution is 0.0697. The molecule has 19 heavy (non-hydrogen) atoms. The van der Waals surface area contributed by atoms with E-state index in [1.807, 2.05) is 17.9 Å². The molecule has 0 saturated heterocycles. The lowest BCUT2D eigenvalue weighted by Crippen LogP contribution is -2.38. The van der Waals surface area contributed by atoms with Gasteiger partial charge in [0, 0.05) is 31.5 Å². The van der Waals surface area contributed by atoms with Crippen LogP contribution in [-0.4, -0.2) is 34.9 Å². The minimum atomic E-state index is 0.0888. The second-order valence-electron chi connectivity index (χ2n) is 5.45. The van der Waals surface area contributed by atoms with Crippen LogP contribution in [0.25, 0.3) is 0 Å². The van der Waals surface area contributed by atoms with Crippen molar-refractivity contribution >= 4 is 11.6 Å². The van der Waals surface area contributed by atoms with Gasteiger partial charge in [0.05, 0.1) is 11.3 Å². The molecule has 0 bridgehead atoms. The SMILES string of the molecule is CCNc1ccncc1C(=O)N(CC1CC1)C(C)C. The van der Waals surface area contributed by atoms with Crippen molar-refractivity contribution in [2.24, 2.45) is 5.92 Å². The zero-order valence-corrected chi connectivity index (χ0v) is 12.0. The first-order valence-electron chi connectivity index (χ1n) is 7.12. The number of nitrogens with zero attached hydrogens (tertiary/aromatic N) is 2. The van der Waals surface area contributed by atoms with Crippen LogP contribution in [0.1, 0.15) is 44.0 Å². The van der Waals surface area contributed by atoms with Gasteiger partial charge in [-0.25, -0.2) is 0 Å². The molecule has 4 nitrogen and oxygen atoms in total. The Hall–Kier alpha value is -1.58. The summed E-state index contributed by atoms with van der Waals surface area (Å²) in [6, 6.07) is 2.09. The number of anilines is 1. The summed E-state index contributed by atoms with van der Waals surface area (Å²) in [6.07, 6.45) is 5.89. The second kappa shape index (κ2) is 6.04. The van der Waals surface area contributed by atoms with E-state index in [0.29, 0.717) is 11.5 Å². The van der Waals surface area contributed by atoms with Crippen molar-refractivity contribution in [3.8, 4) is 0 Å². The van der Waals surface area contributed by atoms with Crippen LogP contribution in [0, 0.1) is 5.92 Å². The maximum atomic E-state index is 12.7. The van der Waals surface area contributed by atoms with Gasteiger partial charge in [-0.15, -0.1) is 0 Å². The molecule has 1 fully saturated rings. The first-order chi connectivity index (χ1) is 9.13. The third-order valence-corrected chi connectivity index (χ3v) is 3.45. The molecule has 0 radical (unpaired) electrons. The smallest absolute Gasteiger partial charge is 0.257 e. The number of amides is 1. The summed E-state index contributed by atoms with van der Waals surface area (Å²) in [7, 11) is 0. The summed E-state index contributed by atoms with van der Waals surface area (Å²) in [5.74, 6) is 0.788. The van der Waals surface area contributed by atoms with Crippen LogP contribution in [-0.2, 0) is 0 Å². The fraction of sp³-hybridized carbons (Fsp3) is 0.600. The van der Waals surface area contributed by atoms with Crippen molar-refractivity contribution in [3.63, 3.8) is 0 Å². The molecular formula is C15H23N3O. The van der Waals surface area contributed by atoms with Gasteiger partial charge in [0.1, 0.15) is 0 Å². The van der Waals surface area contributed by atoms with Gasteiger partial charge >= 0.3 is 0 Å². The van der Waals surface area contributed by atoms with E-state index in [4.69, 9.17) is 0 Å². The molecule has 1 aromatic rings. The van der Waals surface area contributed by atoms with E-state index in [9.17, 15) is 4.79 Å². The van der Waals surface area contributed by atoms with E-state index < -0.39 is 0 Å². The average Bonchev–Trinajstić information content (AvgIpc) is 3.20. The summed E-state index contributed by atoms with van der Waals surface area (Å²) < 4.78 is 0. The fourth-order valence-corrected chi connectivity index (χ4v) is 2.17. The molecule has 1 N–H and O–H groups in total. The van der Waals surface area contributed by atoms with Crippen molar-refractivity contribution in [2.75, 3.05) is 18.4 Å². The molecular weight excluding hydrogens is 238 g/mol.